The number of benzene rings is 1. The summed E-state index contributed by atoms with van der Waals surface area (Å²) in [5.74, 6) is 0. The van der Waals surface area contributed by atoms with Crippen molar-refractivity contribution in [1.82, 2.24) is 4.90 Å². The fraction of sp³-hybridized carbons (Fsp3) is 0.286. The largest absolute Gasteiger partial charge is 0.326 e. The molecule has 1 aromatic heterocycles. The minimum atomic E-state index is 0.605. The molecule has 1 aromatic carbocycles. The third kappa shape index (κ3) is 3.65. The average Bonchev–Trinajstić information content (AvgIpc) is 2.75. The van der Waals surface area contributed by atoms with E-state index in [4.69, 9.17) is 5.73 Å². The molecule has 0 aliphatic carbocycles. The monoisotopic (exact) mass is 324 g/mol. The molecule has 0 saturated heterocycles. The van der Waals surface area contributed by atoms with Gasteiger partial charge in [0.25, 0.3) is 0 Å². The van der Waals surface area contributed by atoms with Gasteiger partial charge in [-0.1, -0.05) is 24.3 Å². The second kappa shape index (κ2) is 6.48. The lowest BCUT2D eigenvalue weighted by atomic mass is 10.1. The van der Waals surface area contributed by atoms with Crippen LogP contribution in [0.25, 0.3) is 0 Å². The molecule has 0 bridgehead atoms. The van der Waals surface area contributed by atoms with Crippen molar-refractivity contribution < 1.29 is 0 Å². The van der Waals surface area contributed by atoms with Crippen molar-refractivity contribution in [3.05, 3.63) is 56.2 Å². The van der Waals surface area contributed by atoms with Crippen molar-refractivity contribution in [3.63, 3.8) is 0 Å². The van der Waals surface area contributed by atoms with Crippen LogP contribution in [-0.4, -0.2) is 11.9 Å². The summed E-state index contributed by atoms with van der Waals surface area (Å²) in [5, 5.41) is 2.19. The lowest BCUT2D eigenvalue weighted by molar-refractivity contribution is 0.318. The molecule has 0 saturated carbocycles. The molecule has 0 radical (unpaired) electrons. The van der Waals surface area contributed by atoms with Crippen LogP contribution in [0.5, 0.6) is 0 Å². The minimum absolute atomic E-state index is 0.605. The van der Waals surface area contributed by atoms with Gasteiger partial charge in [-0.15, -0.1) is 11.3 Å². The average molecular weight is 325 g/mol. The molecule has 18 heavy (non-hydrogen) atoms. The SMILES string of the molecule is CN(Cc1csc(Br)c1)Cc1ccccc1CN. The Labute approximate surface area is 121 Å². The van der Waals surface area contributed by atoms with Crippen molar-refractivity contribution in [3.8, 4) is 0 Å². The third-order valence-electron chi connectivity index (χ3n) is 2.85. The van der Waals surface area contributed by atoms with Crippen LogP contribution in [0.1, 0.15) is 16.7 Å². The van der Waals surface area contributed by atoms with Gasteiger partial charge in [-0.25, -0.2) is 0 Å². The lowest BCUT2D eigenvalue weighted by Crippen LogP contribution is -2.18. The highest BCUT2D eigenvalue weighted by atomic mass is 79.9. The number of rotatable bonds is 5. The number of nitrogens with two attached hydrogens (primary N) is 1. The fourth-order valence-electron chi connectivity index (χ4n) is 2.00. The molecule has 0 spiro atoms. The van der Waals surface area contributed by atoms with Crippen LogP contribution in [0.15, 0.2) is 39.5 Å². The molecule has 2 aromatic rings. The molecule has 0 aliphatic heterocycles. The van der Waals surface area contributed by atoms with Crippen LogP contribution in [0.3, 0.4) is 0 Å². The lowest BCUT2D eigenvalue weighted by Gasteiger charge is -2.17. The van der Waals surface area contributed by atoms with Crippen LogP contribution in [0.2, 0.25) is 0 Å². The maximum Gasteiger partial charge on any atom is 0.0701 e. The van der Waals surface area contributed by atoms with Crippen molar-refractivity contribution >= 4 is 27.3 Å². The second-order valence-electron chi connectivity index (χ2n) is 4.40. The molecule has 0 amide bonds. The van der Waals surface area contributed by atoms with Crippen molar-refractivity contribution in [1.29, 1.82) is 0 Å². The number of halogens is 1. The van der Waals surface area contributed by atoms with Gasteiger partial charge in [0, 0.05) is 19.6 Å². The van der Waals surface area contributed by atoms with Gasteiger partial charge in [-0.05, 0) is 51.1 Å². The van der Waals surface area contributed by atoms with Gasteiger partial charge in [-0.3, -0.25) is 4.90 Å². The van der Waals surface area contributed by atoms with Crippen molar-refractivity contribution in [2.75, 3.05) is 7.05 Å². The Bertz CT molecular complexity index is 510. The standard InChI is InChI=1S/C14H17BrN2S/c1-17(8-11-6-14(15)18-10-11)9-13-5-3-2-4-12(13)7-16/h2-6,10H,7-9,16H2,1H3. The quantitative estimate of drug-likeness (QED) is 0.910. The number of thiophene rings is 1. The smallest absolute Gasteiger partial charge is 0.0701 e. The first-order valence-electron chi connectivity index (χ1n) is 5.87. The zero-order valence-corrected chi connectivity index (χ0v) is 12.8. The molecule has 2 rings (SSSR count). The molecule has 4 heteroatoms. The van der Waals surface area contributed by atoms with Crippen LogP contribution in [0, 0.1) is 0 Å². The van der Waals surface area contributed by atoms with E-state index in [9.17, 15) is 0 Å². The molecule has 2 N–H and O–H groups in total. The van der Waals surface area contributed by atoms with E-state index in [1.165, 1.54) is 20.5 Å². The molecule has 2 nitrogen and oxygen atoms in total. The number of hydrogen-bond donors (Lipinski definition) is 1. The van der Waals surface area contributed by atoms with Gasteiger partial charge in [0.15, 0.2) is 0 Å². The molecule has 1 heterocycles. The first kappa shape index (κ1) is 13.7. The van der Waals surface area contributed by atoms with Gasteiger partial charge in [0.2, 0.25) is 0 Å². The van der Waals surface area contributed by atoms with E-state index < -0.39 is 0 Å². The molecule has 96 valence electrons. The van der Waals surface area contributed by atoms with Gasteiger partial charge >= 0.3 is 0 Å². The number of hydrogen-bond acceptors (Lipinski definition) is 3. The Morgan fingerprint density at radius 1 is 1.22 bits per heavy atom. The molecular weight excluding hydrogens is 308 g/mol. The molecule has 0 unspecified atom stereocenters. The summed E-state index contributed by atoms with van der Waals surface area (Å²) in [6, 6.07) is 10.5. The van der Waals surface area contributed by atoms with E-state index in [2.05, 4.69) is 57.5 Å². The predicted octanol–water partition coefficient (Wildman–Crippen LogP) is 3.60. The molecule has 0 fully saturated rings. The van der Waals surface area contributed by atoms with Gasteiger partial charge in [-0.2, -0.15) is 0 Å². The topological polar surface area (TPSA) is 29.3 Å². The van der Waals surface area contributed by atoms with E-state index >= 15 is 0 Å². The Morgan fingerprint density at radius 2 is 1.94 bits per heavy atom. The summed E-state index contributed by atoms with van der Waals surface area (Å²) >= 11 is 5.23. The maximum atomic E-state index is 5.76. The van der Waals surface area contributed by atoms with Crippen molar-refractivity contribution in [2.24, 2.45) is 5.73 Å². The van der Waals surface area contributed by atoms with E-state index in [-0.39, 0.29) is 0 Å². The molecule has 0 aliphatic rings. The van der Waals surface area contributed by atoms with Crippen LogP contribution < -0.4 is 5.73 Å². The Hall–Kier alpha value is -0.680. The fourth-order valence-corrected chi connectivity index (χ4v) is 3.20. The zero-order chi connectivity index (χ0) is 13.0. The zero-order valence-electron chi connectivity index (χ0n) is 10.4. The van der Waals surface area contributed by atoms with Gasteiger partial charge in [0.05, 0.1) is 3.79 Å². The highest BCUT2D eigenvalue weighted by molar-refractivity contribution is 9.11. The molecule has 0 atom stereocenters. The van der Waals surface area contributed by atoms with Crippen molar-refractivity contribution in [2.45, 2.75) is 19.6 Å². The van der Waals surface area contributed by atoms with Crippen LogP contribution in [0.4, 0.5) is 0 Å². The summed E-state index contributed by atoms with van der Waals surface area (Å²) in [4.78, 5) is 2.31. The predicted molar refractivity (Wildman–Crippen MR) is 81.5 cm³/mol. The van der Waals surface area contributed by atoms with E-state index in [1.54, 1.807) is 11.3 Å². The van der Waals surface area contributed by atoms with Gasteiger partial charge in [0.1, 0.15) is 0 Å². The minimum Gasteiger partial charge on any atom is -0.326 e. The molecular formula is C14H17BrN2S. The Balaban J connectivity index is 2.00. The van der Waals surface area contributed by atoms with E-state index in [0.29, 0.717) is 6.54 Å². The van der Waals surface area contributed by atoms with Gasteiger partial charge < -0.3 is 5.73 Å². The highest BCUT2D eigenvalue weighted by Gasteiger charge is 2.06. The summed E-state index contributed by atoms with van der Waals surface area (Å²) in [6.45, 7) is 2.50. The normalized spacial score (nSPS) is 11.1. The number of nitrogens with zero attached hydrogens (tertiary/aromatic N) is 1. The maximum absolute atomic E-state index is 5.76. The van der Waals surface area contributed by atoms with E-state index in [0.717, 1.165) is 13.1 Å². The summed E-state index contributed by atoms with van der Waals surface area (Å²) in [6.07, 6.45) is 0. The summed E-state index contributed by atoms with van der Waals surface area (Å²) < 4.78 is 1.19. The highest BCUT2D eigenvalue weighted by Crippen LogP contribution is 2.22. The summed E-state index contributed by atoms with van der Waals surface area (Å²) in [7, 11) is 2.14. The third-order valence-corrected chi connectivity index (χ3v) is 4.41. The second-order valence-corrected chi connectivity index (χ2v) is 6.69. The van der Waals surface area contributed by atoms with Crippen LogP contribution >= 0.6 is 27.3 Å². The summed E-state index contributed by atoms with van der Waals surface area (Å²) in [5.41, 5.74) is 9.65. The van der Waals surface area contributed by atoms with Crippen LogP contribution in [-0.2, 0) is 19.6 Å². The Morgan fingerprint density at radius 3 is 2.56 bits per heavy atom. The van der Waals surface area contributed by atoms with E-state index in [1.807, 2.05) is 6.07 Å². The Kier molecular flexibility index (Phi) is 4.95. The first-order valence-corrected chi connectivity index (χ1v) is 7.54. The first-order chi connectivity index (χ1) is 8.69.